The van der Waals surface area contributed by atoms with Crippen LogP contribution in [0.4, 0.5) is 0 Å². The maximum absolute atomic E-state index is 11.1. The fourth-order valence-electron chi connectivity index (χ4n) is 3.53. The minimum atomic E-state index is 0.193. The number of hydrogen-bond acceptors (Lipinski definition) is 2. The molecule has 0 aromatic rings. The second kappa shape index (κ2) is 11.0. The first-order chi connectivity index (χ1) is 10.2. The van der Waals surface area contributed by atoms with Crippen molar-refractivity contribution in [3.8, 4) is 0 Å². The summed E-state index contributed by atoms with van der Waals surface area (Å²) in [6, 6.07) is 0.599. The molecule has 122 valence electrons. The lowest BCUT2D eigenvalue weighted by molar-refractivity contribution is -0.111. The molecule has 0 aromatic heterocycles. The number of aldehydes is 1. The Labute approximate surface area is 132 Å². The molecule has 1 saturated heterocycles. The molecule has 0 spiro atoms. The maximum Gasteiger partial charge on any atom is 0.122 e. The normalized spacial score (nSPS) is 21.2. The molecule has 1 aliphatic rings. The van der Waals surface area contributed by atoms with Crippen molar-refractivity contribution >= 4 is 6.29 Å². The predicted molar refractivity (Wildman–Crippen MR) is 91.5 cm³/mol. The number of carbonyl (C=O) groups excluding carboxylic acids is 1. The highest BCUT2D eigenvalue weighted by molar-refractivity contribution is 5.52. The van der Waals surface area contributed by atoms with Crippen LogP contribution in [0.25, 0.3) is 0 Å². The van der Waals surface area contributed by atoms with Crippen LogP contribution in [0.5, 0.6) is 0 Å². The average molecular weight is 293 g/mol. The van der Waals surface area contributed by atoms with E-state index in [-0.39, 0.29) is 5.92 Å². The van der Waals surface area contributed by atoms with E-state index in [1.807, 2.05) is 6.08 Å². The van der Waals surface area contributed by atoms with Crippen molar-refractivity contribution < 1.29 is 4.79 Å². The molecule has 1 rings (SSSR count). The van der Waals surface area contributed by atoms with E-state index in [2.05, 4.69) is 25.3 Å². The van der Waals surface area contributed by atoms with Gasteiger partial charge in [-0.1, -0.05) is 39.2 Å². The van der Waals surface area contributed by atoms with Crippen LogP contribution in [0.15, 0.2) is 12.7 Å². The van der Waals surface area contributed by atoms with Gasteiger partial charge in [0.25, 0.3) is 0 Å². The largest absolute Gasteiger partial charge is 0.303 e. The van der Waals surface area contributed by atoms with Gasteiger partial charge in [-0.25, -0.2) is 0 Å². The molecule has 3 atom stereocenters. The lowest BCUT2D eigenvalue weighted by Gasteiger charge is -2.33. The van der Waals surface area contributed by atoms with Gasteiger partial charge in [-0.05, 0) is 57.5 Å². The van der Waals surface area contributed by atoms with E-state index in [4.69, 9.17) is 0 Å². The van der Waals surface area contributed by atoms with Crippen molar-refractivity contribution in [3.05, 3.63) is 12.7 Å². The van der Waals surface area contributed by atoms with Crippen molar-refractivity contribution in [2.45, 2.75) is 77.7 Å². The van der Waals surface area contributed by atoms with Crippen LogP contribution in [-0.4, -0.2) is 30.3 Å². The van der Waals surface area contributed by atoms with E-state index in [9.17, 15) is 4.79 Å². The standard InChI is InChI=1S/C19H35NO/c1-4-5-8-11-17(2)14-19(15-18(3)16-21)20-12-9-6-7-10-13-20/h4,16-19H,1,5-15H2,2-3H3. The van der Waals surface area contributed by atoms with Gasteiger partial charge in [0.15, 0.2) is 0 Å². The molecule has 0 radical (unpaired) electrons. The van der Waals surface area contributed by atoms with Gasteiger partial charge in [0.1, 0.15) is 6.29 Å². The summed E-state index contributed by atoms with van der Waals surface area (Å²) in [5.74, 6) is 0.940. The van der Waals surface area contributed by atoms with Gasteiger partial charge < -0.3 is 9.69 Å². The third-order valence-electron chi connectivity index (χ3n) is 4.81. The van der Waals surface area contributed by atoms with Crippen molar-refractivity contribution in [3.63, 3.8) is 0 Å². The third-order valence-corrected chi connectivity index (χ3v) is 4.81. The summed E-state index contributed by atoms with van der Waals surface area (Å²) in [6.07, 6.45) is 14.5. The first-order valence-electron chi connectivity index (χ1n) is 8.97. The zero-order valence-electron chi connectivity index (χ0n) is 14.2. The number of rotatable bonds is 10. The van der Waals surface area contributed by atoms with Gasteiger partial charge in [-0.2, -0.15) is 0 Å². The van der Waals surface area contributed by atoms with E-state index in [1.165, 1.54) is 58.0 Å². The Morgan fingerprint density at radius 1 is 1.10 bits per heavy atom. The second-order valence-electron chi connectivity index (χ2n) is 7.01. The molecule has 3 unspecified atom stereocenters. The van der Waals surface area contributed by atoms with Gasteiger partial charge in [0.2, 0.25) is 0 Å². The molecule has 1 aliphatic heterocycles. The number of unbranched alkanes of at least 4 members (excludes halogenated alkanes) is 1. The third kappa shape index (κ3) is 7.80. The highest BCUT2D eigenvalue weighted by Gasteiger charge is 2.23. The first-order valence-corrected chi connectivity index (χ1v) is 8.97. The van der Waals surface area contributed by atoms with Crippen LogP contribution >= 0.6 is 0 Å². The van der Waals surface area contributed by atoms with Crippen molar-refractivity contribution in [2.24, 2.45) is 11.8 Å². The van der Waals surface area contributed by atoms with Crippen molar-refractivity contribution in [1.29, 1.82) is 0 Å². The number of nitrogens with zero attached hydrogens (tertiary/aromatic N) is 1. The molecular formula is C19H35NO. The van der Waals surface area contributed by atoms with Crippen LogP contribution in [0.2, 0.25) is 0 Å². The quantitative estimate of drug-likeness (QED) is 0.326. The minimum absolute atomic E-state index is 0.193. The zero-order chi connectivity index (χ0) is 15.5. The fraction of sp³-hybridized carbons (Fsp3) is 0.842. The zero-order valence-corrected chi connectivity index (χ0v) is 14.2. The first kappa shape index (κ1) is 18.4. The highest BCUT2D eigenvalue weighted by Crippen LogP contribution is 2.24. The Morgan fingerprint density at radius 2 is 1.76 bits per heavy atom. The van der Waals surface area contributed by atoms with Gasteiger partial charge in [0, 0.05) is 12.0 Å². The van der Waals surface area contributed by atoms with E-state index >= 15 is 0 Å². The van der Waals surface area contributed by atoms with Gasteiger partial charge in [-0.3, -0.25) is 0 Å². The van der Waals surface area contributed by atoms with E-state index in [1.54, 1.807) is 0 Å². The maximum atomic E-state index is 11.1. The Balaban J connectivity index is 2.53. The molecule has 0 N–H and O–H groups in total. The SMILES string of the molecule is C=CCCCC(C)CC(CC(C)C=O)N1CCCCCC1. The van der Waals surface area contributed by atoms with Crippen LogP contribution in [-0.2, 0) is 4.79 Å². The van der Waals surface area contributed by atoms with Gasteiger partial charge >= 0.3 is 0 Å². The Hall–Kier alpha value is -0.630. The average Bonchev–Trinajstić information content (AvgIpc) is 2.75. The van der Waals surface area contributed by atoms with E-state index in [0.717, 1.165) is 25.0 Å². The number of hydrogen-bond donors (Lipinski definition) is 0. The van der Waals surface area contributed by atoms with Crippen molar-refractivity contribution in [1.82, 2.24) is 4.90 Å². The van der Waals surface area contributed by atoms with Crippen LogP contribution in [0, 0.1) is 11.8 Å². The summed E-state index contributed by atoms with van der Waals surface area (Å²) in [5, 5.41) is 0. The summed E-state index contributed by atoms with van der Waals surface area (Å²) >= 11 is 0. The minimum Gasteiger partial charge on any atom is -0.303 e. The topological polar surface area (TPSA) is 20.3 Å². The molecule has 0 saturated carbocycles. The number of carbonyl (C=O) groups is 1. The molecule has 1 heterocycles. The van der Waals surface area contributed by atoms with Gasteiger partial charge in [0.05, 0.1) is 0 Å². The fourth-order valence-corrected chi connectivity index (χ4v) is 3.53. The summed E-state index contributed by atoms with van der Waals surface area (Å²) in [5.41, 5.74) is 0. The van der Waals surface area contributed by atoms with Crippen LogP contribution < -0.4 is 0 Å². The molecule has 21 heavy (non-hydrogen) atoms. The van der Waals surface area contributed by atoms with Gasteiger partial charge in [-0.15, -0.1) is 6.58 Å². The molecule has 0 bridgehead atoms. The van der Waals surface area contributed by atoms with E-state index in [0.29, 0.717) is 6.04 Å². The van der Waals surface area contributed by atoms with Crippen molar-refractivity contribution in [2.75, 3.05) is 13.1 Å². The summed E-state index contributed by atoms with van der Waals surface area (Å²) in [4.78, 5) is 13.7. The summed E-state index contributed by atoms with van der Waals surface area (Å²) in [6.45, 7) is 10.7. The molecule has 0 amide bonds. The Morgan fingerprint density at radius 3 is 2.33 bits per heavy atom. The highest BCUT2D eigenvalue weighted by atomic mass is 16.1. The molecule has 2 heteroatoms. The Bertz CT molecular complexity index is 281. The molecule has 1 fully saturated rings. The second-order valence-corrected chi connectivity index (χ2v) is 7.01. The smallest absolute Gasteiger partial charge is 0.122 e. The van der Waals surface area contributed by atoms with Crippen LogP contribution in [0.3, 0.4) is 0 Å². The summed E-state index contributed by atoms with van der Waals surface area (Å²) in [7, 11) is 0. The number of likely N-dealkylation sites (tertiary alicyclic amines) is 1. The molecular weight excluding hydrogens is 258 g/mol. The monoisotopic (exact) mass is 293 g/mol. The lowest BCUT2D eigenvalue weighted by atomic mass is 9.90. The predicted octanol–water partition coefficient (Wildman–Crippen LogP) is 4.84. The van der Waals surface area contributed by atoms with E-state index < -0.39 is 0 Å². The molecule has 0 aromatic carbocycles. The number of allylic oxidation sites excluding steroid dienone is 1. The Kier molecular flexibility index (Phi) is 9.65. The summed E-state index contributed by atoms with van der Waals surface area (Å²) < 4.78 is 0. The van der Waals surface area contributed by atoms with Crippen LogP contribution in [0.1, 0.15) is 71.6 Å². The molecule has 2 nitrogen and oxygen atoms in total. The lowest BCUT2D eigenvalue weighted by Crippen LogP contribution is -2.38. The molecule has 0 aliphatic carbocycles.